The minimum Gasteiger partial charge on any atom is -0.493 e. The van der Waals surface area contributed by atoms with Crippen molar-refractivity contribution in [3.8, 4) is 17.2 Å². The van der Waals surface area contributed by atoms with E-state index in [2.05, 4.69) is 63.1 Å². The van der Waals surface area contributed by atoms with E-state index < -0.39 is 0 Å². The van der Waals surface area contributed by atoms with Gasteiger partial charge in [-0.1, -0.05) is 6.07 Å². The second-order valence-corrected chi connectivity index (χ2v) is 8.06. The first-order chi connectivity index (χ1) is 14.8. The van der Waals surface area contributed by atoms with Gasteiger partial charge in [0.05, 0.1) is 20.4 Å². The van der Waals surface area contributed by atoms with Crippen LogP contribution in [0.25, 0.3) is 5.69 Å². The Morgan fingerprint density at radius 1 is 0.968 bits per heavy atom. The Bertz CT molecular complexity index is 1170. The summed E-state index contributed by atoms with van der Waals surface area (Å²) in [5.74, 6) is 0.709. The minimum atomic E-state index is -0.337. The van der Waals surface area contributed by atoms with E-state index in [0.717, 1.165) is 27.1 Å². The smallest absolute Gasteiger partial charge is 0.271 e. The van der Waals surface area contributed by atoms with E-state index >= 15 is 0 Å². The highest BCUT2D eigenvalue weighted by Gasteiger charge is 2.16. The SMILES string of the molecule is COc1ccc(C(=O)N/N=C\c2c(Br)c(C)n(-c3ccc(C)c(C)c3)c2C)cc1OC. The van der Waals surface area contributed by atoms with Crippen LogP contribution in [-0.4, -0.2) is 30.9 Å². The largest absolute Gasteiger partial charge is 0.493 e. The summed E-state index contributed by atoms with van der Waals surface area (Å²) in [7, 11) is 3.08. The molecule has 6 nitrogen and oxygen atoms in total. The van der Waals surface area contributed by atoms with Gasteiger partial charge in [0.2, 0.25) is 0 Å². The molecule has 0 aliphatic rings. The second-order valence-electron chi connectivity index (χ2n) is 7.27. The lowest BCUT2D eigenvalue weighted by molar-refractivity contribution is 0.0954. The Labute approximate surface area is 191 Å². The van der Waals surface area contributed by atoms with Crippen molar-refractivity contribution in [2.24, 2.45) is 5.10 Å². The number of carbonyl (C=O) groups is 1. The van der Waals surface area contributed by atoms with Gasteiger partial charge in [0.15, 0.2) is 11.5 Å². The Balaban J connectivity index is 1.84. The molecule has 0 unspecified atom stereocenters. The molecule has 2 aromatic carbocycles. The number of aromatic nitrogens is 1. The third-order valence-corrected chi connectivity index (χ3v) is 6.37. The number of hydrogen-bond acceptors (Lipinski definition) is 4. The van der Waals surface area contributed by atoms with Gasteiger partial charge < -0.3 is 14.0 Å². The molecule has 0 saturated heterocycles. The van der Waals surface area contributed by atoms with E-state index in [-0.39, 0.29) is 5.91 Å². The molecule has 3 rings (SSSR count). The number of hydrazone groups is 1. The maximum atomic E-state index is 12.5. The summed E-state index contributed by atoms with van der Waals surface area (Å²) in [6.45, 7) is 8.29. The number of nitrogens with zero attached hydrogens (tertiary/aromatic N) is 2. The van der Waals surface area contributed by atoms with Gasteiger partial charge >= 0.3 is 0 Å². The van der Waals surface area contributed by atoms with Crippen LogP contribution in [0.1, 0.15) is 38.4 Å². The number of halogens is 1. The van der Waals surface area contributed by atoms with E-state index in [0.29, 0.717) is 17.1 Å². The lowest BCUT2D eigenvalue weighted by Crippen LogP contribution is -2.17. The molecule has 3 aromatic rings. The second kappa shape index (κ2) is 9.39. The molecule has 0 fully saturated rings. The summed E-state index contributed by atoms with van der Waals surface area (Å²) in [6.07, 6.45) is 1.66. The predicted molar refractivity (Wildman–Crippen MR) is 127 cm³/mol. The quantitative estimate of drug-likeness (QED) is 0.384. The zero-order valence-corrected chi connectivity index (χ0v) is 20.1. The van der Waals surface area contributed by atoms with Crippen molar-refractivity contribution in [1.82, 2.24) is 9.99 Å². The molecule has 0 aliphatic heterocycles. The number of amides is 1. The zero-order chi connectivity index (χ0) is 22.7. The monoisotopic (exact) mass is 483 g/mol. The number of ether oxygens (including phenoxy) is 2. The van der Waals surface area contributed by atoms with Crippen LogP contribution >= 0.6 is 15.9 Å². The highest BCUT2D eigenvalue weighted by atomic mass is 79.9. The van der Waals surface area contributed by atoms with Crippen LogP contribution in [0, 0.1) is 27.7 Å². The Hall–Kier alpha value is -3.06. The molecule has 0 saturated carbocycles. The first-order valence-corrected chi connectivity index (χ1v) is 10.6. The molecule has 7 heteroatoms. The normalized spacial score (nSPS) is 11.1. The summed E-state index contributed by atoms with van der Waals surface area (Å²) in [5.41, 5.74) is 9.58. The highest BCUT2D eigenvalue weighted by molar-refractivity contribution is 9.10. The van der Waals surface area contributed by atoms with Crippen molar-refractivity contribution in [2.75, 3.05) is 14.2 Å². The lowest BCUT2D eigenvalue weighted by atomic mass is 10.1. The molecule has 1 N–H and O–H groups in total. The molecule has 1 amide bonds. The fourth-order valence-electron chi connectivity index (χ4n) is 3.42. The maximum Gasteiger partial charge on any atom is 0.271 e. The summed E-state index contributed by atoms with van der Waals surface area (Å²) in [4.78, 5) is 12.5. The van der Waals surface area contributed by atoms with Gasteiger partial charge in [-0.05, 0) is 85.1 Å². The number of rotatable bonds is 6. The molecule has 0 atom stereocenters. The van der Waals surface area contributed by atoms with E-state index in [1.54, 1.807) is 31.5 Å². The van der Waals surface area contributed by atoms with E-state index in [4.69, 9.17) is 9.47 Å². The van der Waals surface area contributed by atoms with Crippen molar-refractivity contribution in [3.05, 3.63) is 74.5 Å². The van der Waals surface area contributed by atoms with Crippen LogP contribution in [-0.2, 0) is 0 Å². The van der Waals surface area contributed by atoms with Gasteiger partial charge in [-0.3, -0.25) is 4.79 Å². The van der Waals surface area contributed by atoms with Gasteiger partial charge in [-0.15, -0.1) is 0 Å². The van der Waals surface area contributed by atoms with Crippen LogP contribution in [0.15, 0.2) is 46.0 Å². The molecule has 31 heavy (non-hydrogen) atoms. The van der Waals surface area contributed by atoms with E-state index in [9.17, 15) is 4.79 Å². The molecule has 162 valence electrons. The third kappa shape index (κ3) is 4.51. The van der Waals surface area contributed by atoms with Gasteiger partial charge in [0, 0.05) is 32.7 Å². The predicted octanol–water partition coefficient (Wildman–Crippen LogP) is 5.25. The zero-order valence-electron chi connectivity index (χ0n) is 18.5. The fourth-order valence-corrected chi connectivity index (χ4v) is 3.99. The standard InChI is InChI=1S/C24H26BrN3O3/c1-14-7-9-19(11-15(14)2)28-16(3)20(23(25)17(28)4)13-26-27-24(29)18-8-10-21(30-5)22(12-18)31-6/h7-13H,1-6H3,(H,27,29)/b26-13-. The average Bonchev–Trinajstić information content (AvgIpc) is 2.98. The summed E-state index contributed by atoms with van der Waals surface area (Å²) in [6, 6.07) is 11.4. The van der Waals surface area contributed by atoms with Crippen LogP contribution in [0.4, 0.5) is 0 Å². The molecule has 0 aliphatic carbocycles. The molecule has 0 radical (unpaired) electrons. The van der Waals surface area contributed by atoms with Crippen molar-refractivity contribution < 1.29 is 14.3 Å². The van der Waals surface area contributed by atoms with Crippen molar-refractivity contribution in [2.45, 2.75) is 27.7 Å². The highest BCUT2D eigenvalue weighted by Crippen LogP contribution is 2.30. The molecule has 1 aromatic heterocycles. The van der Waals surface area contributed by atoms with Crippen LogP contribution in [0.2, 0.25) is 0 Å². The molecule has 0 bridgehead atoms. The first-order valence-electron chi connectivity index (χ1n) is 9.79. The lowest BCUT2D eigenvalue weighted by Gasteiger charge is -2.11. The van der Waals surface area contributed by atoms with Gasteiger partial charge in [-0.2, -0.15) is 5.10 Å². The first kappa shape index (κ1) is 22.6. The van der Waals surface area contributed by atoms with Crippen LogP contribution in [0.3, 0.4) is 0 Å². The molecule has 1 heterocycles. The van der Waals surface area contributed by atoms with Gasteiger partial charge in [-0.25, -0.2) is 5.43 Å². The Kier molecular flexibility index (Phi) is 6.85. The number of nitrogens with one attached hydrogen (secondary N) is 1. The van der Waals surface area contributed by atoms with Crippen molar-refractivity contribution >= 4 is 28.1 Å². The third-order valence-electron chi connectivity index (χ3n) is 5.37. The molecule has 0 spiro atoms. The van der Waals surface area contributed by atoms with Crippen LogP contribution in [0.5, 0.6) is 11.5 Å². The number of methoxy groups -OCH3 is 2. The molecular weight excluding hydrogens is 458 g/mol. The van der Waals surface area contributed by atoms with Crippen molar-refractivity contribution in [1.29, 1.82) is 0 Å². The summed E-state index contributed by atoms with van der Waals surface area (Å²) < 4.78 is 13.6. The Morgan fingerprint density at radius 3 is 2.32 bits per heavy atom. The minimum absolute atomic E-state index is 0.337. The number of carbonyl (C=O) groups excluding carboxylic acids is 1. The summed E-state index contributed by atoms with van der Waals surface area (Å²) in [5, 5.41) is 4.18. The van der Waals surface area contributed by atoms with Crippen molar-refractivity contribution in [3.63, 3.8) is 0 Å². The average molecular weight is 484 g/mol. The maximum absolute atomic E-state index is 12.5. The van der Waals surface area contributed by atoms with Gasteiger partial charge in [0.1, 0.15) is 0 Å². The van der Waals surface area contributed by atoms with Crippen LogP contribution < -0.4 is 14.9 Å². The number of hydrogen-bond donors (Lipinski definition) is 1. The molecular formula is C24H26BrN3O3. The van der Waals surface area contributed by atoms with E-state index in [1.807, 2.05) is 13.8 Å². The summed E-state index contributed by atoms with van der Waals surface area (Å²) >= 11 is 3.67. The number of aryl methyl sites for hydroxylation is 2. The van der Waals surface area contributed by atoms with E-state index in [1.165, 1.54) is 18.2 Å². The topological polar surface area (TPSA) is 64.8 Å². The number of benzene rings is 2. The Morgan fingerprint density at radius 2 is 1.68 bits per heavy atom. The fraction of sp³-hybridized carbons (Fsp3) is 0.250. The van der Waals surface area contributed by atoms with Gasteiger partial charge in [0.25, 0.3) is 5.91 Å².